The zero-order valence-corrected chi connectivity index (χ0v) is 5.14. The fourth-order valence-electron chi connectivity index (χ4n) is 0. The standard InChI is InChI=1S/Ni.H2O4Se/c;1-5(2,3)4/h;(H2,1,2,3,4). The minimum absolute atomic E-state index is 0. The Balaban J connectivity index is 0. The molecule has 0 bridgehead atoms. The third-order valence-corrected chi connectivity index (χ3v) is 0. The van der Waals surface area contributed by atoms with E-state index in [1.807, 2.05) is 0 Å². The number of hydrogen-bond acceptors (Lipinski definition) is 2. The van der Waals surface area contributed by atoms with Crippen LogP contribution in [0.2, 0.25) is 0 Å². The molecule has 0 unspecified atom stereocenters. The van der Waals surface area contributed by atoms with Crippen LogP contribution < -0.4 is 0 Å². The van der Waals surface area contributed by atoms with E-state index in [-0.39, 0.29) is 16.5 Å². The van der Waals surface area contributed by atoms with Crippen molar-refractivity contribution in [1.29, 1.82) is 0 Å². The van der Waals surface area contributed by atoms with Crippen molar-refractivity contribution >= 4 is 13.4 Å². The normalized spacial score (nSPS) is 9.67. The van der Waals surface area contributed by atoms with Crippen LogP contribution in [0.3, 0.4) is 0 Å². The number of hydrogen-bond donors (Lipinski definition) is 2. The first-order valence-electron chi connectivity index (χ1n) is 0.698. The molecule has 6 heavy (non-hydrogen) atoms. The molecule has 0 aliphatic heterocycles. The molecule has 0 saturated carbocycles. The smallest absolute Gasteiger partial charge is 0 e. The van der Waals surface area contributed by atoms with Gasteiger partial charge in [0.1, 0.15) is 0 Å². The zero-order chi connectivity index (χ0) is 4.50. The minimum atomic E-state index is -5.25. The molecule has 0 aliphatic rings. The molecule has 4 nitrogen and oxygen atoms in total. The summed E-state index contributed by atoms with van der Waals surface area (Å²) in [7, 11) is 0. The van der Waals surface area contributed by atoms with Gasteiger partial charge in [-0.1, -0.05) is 0 Å². The van der Waals surface area contributed by atoms with Gasteiger partial charge in [0.15, 0.2) is 0 Å². The van der Waals surface area contributed by atoms with Gasteiger partial charge in [-0.05, 0) is 0 Å². The zero-order valence-electron chi connectivity index (χ0n) is 2.44. The van der Waals surface area contributed by atoms with Crippen LogP contribution in [-0.2, 0) is 24.2 Å². The van der Waals surface area contributed by atoms with Crippen LogP contribution in [0.25, 0.3) is 0 Å². The molecule has 0 rings (SSSR count). The van der Waals surface area contributed by atoms with Gasteiger partial charge in [0.25, 0.3) is 0 Å². The molecule has 0 saturated heterocycles. The van der Waals surface area contributed by atoms with Crippen LogP contribution in [-0.4, -0.2) is 21.7 Å². The molecular weight excluding hydrogens is 202 g/mol. The predicted molar refractivity (Wildman–Crippen MR) is 11.6 cm³/mol. The quantitative estimate of drug-likeness (QED) is 0.459. The van der Waals surface area contributed by atoms with E-state index in [2.05, 4.69) is 0 Å². The largest absolute Gasteiger partial charge is 0 e. The van der Waals surface area contributed by atoms with E-state index >= 15 is 0 Å². The Hall–Kier alpha value is 0.533. The molecule has 0 aliphatic carbocycles. The maximum Gasteiger partial charge on any atom is 0 e. The predicted octanol–water partition coefficient (Wildman–Crippen LogP) is -1.73. The van der Waals surface area contributed by atoms with Crippen molar-refractivity contribution < 1.29 is 32.5 Å². The summed E-state index contributed by atoms with van der Waals surface area (Å²) in [6.07, 6.45) is 0. The van der Waals surface area contributed by atoms with Crippen molar-refractivity contribution in [1.82, 2.24) is 0 Å². The third kappa shape index (κ3) is 199. The monoisotopic (exact) mass is 204 g/mol. The van der Waals surface area contributed by atoms with Crippen LogP contribution >= 0.6 is 0 Å². The average molecular weight is 204 g/mol. The van der Waals surface area contributed by atoms with Crippen molar-refractivity contribution in [2.45, 2.75) is 0 Å². The maximum atomic E-state index is 8.82. The summed E-state index contributed by atoms with van der Waals surface area (Å²) < 4.78 is 31.9. The molecular formula is H2NiO4Se. The van der Waals surface area contributed by atoms with Gasteiger partial charge in [-0.25, -0.2) is 0 Å². The topological polar surface area (TPSA) is 74.6 Å². The van der Waals surface area contributed by atoms with Gasteiger partial charge in [-0.3, -0.25) is 0 Å². The fraction of sp³-hybridized carbons (Fsp3) is 0. The van der Waals surface area contributed by atoms with E-state index in [1.54, 1.807) is 0 Å². The molecule has 0 heterocycles. The van der Waals surface area contributed by atoms with Crippen molar-refractivity contribution in [3.8, 4) is 0 Å². The molecule has 0 radical (unpaired) electrons. The Morgan fingerprint density at radius 3 is 1.17 bits per heavy atom. The van der Waals surface area contributed by atoms with Gasteiger partial charge in [0.2, 0.25) is 0 Å². The second kappa shape index (κ2) is 2.66. The molecule has 0 fully saturated rings. The van der Waals surface area contributed by atoms with E-state index in [1.165, 1.54) is 0 Å². The molecule has 0 aromatic heterocycles. The summed E-state index contributed by atoms with van der Waals surface area (Å²) in [4.78, 5) is 0. The van der Waals surface area contributed by atoms with Crippen molar-refractivity contribution in [2.75, 3.05) is 0 Å². The van der Waals surface area contributed by atoms with E-state index in [9.17, 15) is 0 Å². The van der Waals surface area contributed by atoms with Crippen LogP contribution in [0.1, 0.15) is 0 Å². The van der Waals surface area contributed by atoms with Crippen molar-refractivity contribution in [2.24, 2.45) is 0 Å². The number of rotatable bonds is 0. The molecule has 42 valence electrons. The summed E-state index contributed by atoms with van der Waals surface area (Å²) in [6, 6.07) is 0. The SMILES string of the molecule is O=[Se](=O)(O)O.[Ni]. The fourth-order valence-corrected chi connectivity index (χ4v) is 0. The summed E-state index contributed by atoms with van der Waals surface area (Å²) in [6.45, 7) is 0. The van der Waals surface area contributed by atoms with E-state index in [0.717, 1.165) is 0 Å². The van der Waals surface area contributed by atoms with Gasteiger partial charge in [-0.15, -0.1) is 0 Å². The van der Waals surface area contributed by atoms with E-state index < -0.39 is 13.4 Å². The van der Waals surface area contributed by atoms with E-state index in [0.29, 0.717) is 0 Å². The second-order valence-electron chi connectivity index (χ2n) is 0.448. The van der Waals surface area contributed by atoms with Gasteiger partial charge in [0.05, 0.1) is 0 Å². The van der Waals surface area contributed by atoms with Gasteiger partial charge in [0, 0.05) is 16.5 Å². The summed E-state index contributed by atoms with van der Waals surface area (Å²) in [5.41, 5.74) is 0. The van der Waals surface area contributed by atoms with Crippen LogP contribution in [0.5, 0.6) is 0 Å². The Morgan fingerprint density at radius 1 is 1.17 bits per heavy atom. The summed E-state index contributed by atoms with van der Waals surface area (Å²) >= 11 is -5.25. The molecule has 2 N–H and O–H groups in total. The van der Waals surface area contributed by atoms with Gasteiger partial charge >= 0.3 is 29.4 Å². The van der Waals surface area contributed by atoms with Gasteiger partial charge < -0.3 is 0 Å². The molecule has 6 heteroatoms. The molecule has 0 aromatic rings. The minimum Gasteiger partial charge on any atom is 0 e. The van der Waals surface area contributed by atoms with Crippen LogP contribution in [0.15, 0.2) is 0 Å². The van der Waals surface area contributed by atoms with Crippen molar-refractivity contribution in [3.05, 3.63) is 0 Å². The average Bonchev–Trinajstić information content (AvgIpc) is 0.722. The van der Waals surface area contributed by atoms with Crippen LogP contribution in [0.4, 0.5) is 0 Å². The Bertz CT molecular complexity index is 90.7. The summed E-state index contributed by atoms with van der Waals surface area (Å²) in [5.74, 6) is 0. The first-order valence-corrected chi connectivity index (χ1v) is 3.63. The maximum absolute atomic E-state index is 8.82. The first-order chi connectivity index (χ1) is 2.00. The Morgan fingerprint density at radius 2 is 1.17 bits per heavy atom. The molecule has 0 spiro atoms. The van der Waals surface area contributed by atoms with Crippen LogP contribution in [0, 0.1) is 0 Å². The van der Waals surface area contributed by atoms with Crippen molar-refractivity contribution in [3.63, 3.8) is 0 Å². The molecule has 0 aromatic carbocycles. The Labute approximate surface area is 46.4 Å². The van der Waals surface area contributed by atoms with Gasteiger partial charge in [-0.2, -0.15) is 0 Å². The third-order valence-electron chi connectivity index (χ3n) is 0. The summed E-state index contributed by atoms with van der Waals surface area (Å²) in [5, 5.41) is 0. The first kappa shape index (κ1) is 9.73. The van der Waals surface area contributed by atoms with E-state index in [4.69, 9.17) is 16.0 Å². The molecule has 0 amide bonds. The Kier molecular flexibility index (Phi) is 4.32. The molecule has 0 atom stereocenters. The second-order valence-corrected chi connectivity index (χ2v) is 2.33.